The van der Waals surface area contributed by atoms with Gasteiger partial charge in [0.15, 0.2) is 0 Å². The van der Waals surface area contributed by atoms with Crippen molar-refractivity contribution < 1.29 is 14.3 Å². The zero-order valence-electron chi connectivity index (χ0n) is 15.4. The van der Waals surface area contributed by atoms with Crippen molar-refractivity contribution >= 4 is 34.0 Å². The Morgan fingerprint density at radius 2 is 1.61 bits per heavy atom. The molecular weight excluding hydrogens is 374 g/mol. The van der Waals surface area contributed by atoms with Gasteiger partial charge in [0, 0.05) is 19.3 Å². The minimum absolute atomic E-state index is 0.186. The van der Waals surface area contributed by atoms with Crippen molar-refractivity contribution in [1.29, 1.82) is 0 Å². The van der Waals surface area contributed by atoms with Crippen molar-refractivity contribution in [3.8, 4) is 0 Å². The Balaban J connectivity index is 1.55. The van der Waals surface area contributed by atoms with E-state index in [-0.39, 0.29) is 11.9 Å². The van der Waals surface area contributed by atoms with Crippen LogP contribution in [0, 0.1) is 0 Å². The number of thiophene rings is 1. The topological polar surface area (TPSA) is 79.5 Å². The van der Waals surface area contributed by atoms with Crippen LogP contribution in [0.4, 0.5) is 15.5 Å². The second-order valence-corrected chi connectivity index (χ2v) is 7.08. The maximum absolute atomic E-state index is 12.4. The van der Waals surface area contributed by atoms with Gasteiger partial charge >= 0.3 is 6.03 Å². The first-order chi connectivity index (χ1) is 13.7. The summed E-state index contributed by atoms with van der Waals surface area (Å²) in [5, 5.41) is 8.98. The summed E-state index contributed by atoms with van der Waals surface area (Å²) in [6, 6.07) is 20.0. The second-order valence-electron chi connectivity index (χ2n) is 5.99. The molecule has 0 radical (unpaired) electrons. The Hall–Kier alpha value is -3.16. The average Bonchev–Trinajstić information content (AvgIpc) is 3.16. The summed E-state index contributed by atoms with van der Waals surface area (Å²) in [6.07, 6.45) is 0. The third-order valence-corrected chi connectivity index (χ3v) is 4.96. The first kappa shape index (κ1) is 19.6. The van der Waals surface area contributed by atoms with Crippen molar-refractivity contribution in [2.45, 2.75) is 13.2 Å². The van der Waals surface area contributed by atoms with E-state index in [1.165, 1.54) is 11.3 Å². The van der Waals surface area contributed by atoms with Crippen LogP contribution in [-0.4, -0.2) is 19.0 Å². The summed E-state index contributed by atoms with van der Waals surface area (Å²) in [5.74, 6) is -0.186. The first-order valence-corrected chi connectivity index (χ1v) is 9.54. The van der Waals surface area contributed by atoms with Crippen molar-refractivity contribution in [2.75, 3.05) is 17.7 Å². The van der Waals surface area contributed by atoms with E-state index >= 15 is 0 Å². The number of methoxy groups -OCH3 is 1. The lowest BCUT2D eigenvalue weighted by atomic mass is 10.1. The van der Waals surface area contributed by atoms with Gasteiger partial charge in [-0.25, -0.2) is 4.79 Å². The number of hydrogen-bond acceptors (Lipinski definition) is 4. The van der Waals surface area contributed by atoms with Crippen LogP contribution in [0.15, 0.2) is 66.7 Å². The maximum Gasteiger partial charge on any atom is 0.324 e. The molecule has 3 amide bonds. The summed E-state index contributed by atoms with van der Waals surface area (Å²) in [4.78, 5) is 25.0. The number of rotatable bonds is 7. The van der Waals surface area contributed by atoms with E-state index in [0.717, 1.165) is 11.1 Å². The highest BCUT2D eigenvalue weighted by molar-refractivity contribution is 7.18. The first-order valence-electron chi connectivity index (χ1n) is 8.72. The molecule has 0 aliphatic heterocycles. The maximum atomic E-state index is 12.4. The number of anilines is 2. The van der Waals surface area contributed by atoms with Gasteiger partial charge in [0.05, 0.1) is 16.5 Å². The average molecular weight is 395 g/mol. The molecule has 0 fully saturated rings. The van der Waals surface area contributed by atoms with Gasteiger partial charge in [-0.05, 0) is 35.4 Å². The zero-order valence-corrected chi connectivity index (χ0v) is 16.2. The highest BCUT2D eigenvalue weighted by atomic mass is 32.1. The van der Waals surface area contributed by atoms with Gasteiger partial charge in [-0.1, -0.05) is 42.5 Å². The Morgan fingerprint density at radius 1 is 0.893 bits per heavy atom. The number of ether oxygens (including phenoxy) is 1. The van der Waals surface area contributed by atoms with E-state index in [1.54, 1.807) is 31.4 Å². The van der Waals surface area contributed by atoms with Crippen LogP contribution >= 0.6 is 11.3 Å². The van der Waals surface area contributed by atoms with Gasteiger partial charge in [-0.2, -0.15) is 0 Å². The van der Waals surface area contributed by atoms with E-state index < -0.39 is 0 Å². The van der Waals surface area contributed by atoms with Gasteiger partial charge in [0.1, 0.15) is 0 Å². The standard InChI is InChI=1S/C21H21N3O3S/c1-27-14-16-8-6-5-7-15(16)13-22-20(25)18-11-12-19(28-18)24-21(26)23-17-9-3-2-4-10-17/h2-12H,13-14H2,1H3,(H,22,25)(H2,23,24,26). The van der Waals surface area contributed by atoms with Crippen molar-refractivity contribution in [3.63, 3.8) is 0 Å². The van der Waals surface area contributed by atoms with E-state index in [2.05, 4.69) is 16.0 Å². The molecule has 0 aliphatic rings. The summed E-state index contributed by atoms with van der Waals surface area (Å²) >= 11 is 1.22. The number of amides is 3. The van der Waals surface area contributed by atoms with E-state index in [4.69, 9.17) is 4.74 Å². The molecule has 2 aromatic carbocycles. The minimum atomic E-state index is -0.353. The molecule has 1 aromatic heterocycles. The Bertz CT molecular complexity index is 941. The molecule has 7 heteroatoms. The summed E-state index contributed by atoms with van der Waals surface area (Å²) in [6.45, 7) is 0.906. The smallest absolute Gasteiger partial charge is 0.324 e. The lowest BCUT2D eigenvalue weighted by Crippen LogP contribution is -2.22. The van der Waals surface area contributed by atoms with E-state index in [0.29, 0.717) is 28.7 Å². The predicted molar refractivity (Wildman–Crippen MR) is 112 cm³/mol. The highest BCUT2D eigenvalue weighted by Gasteiger charge is 2.12. The largest absolute Gasteiger partial charge is 0.380 e. The molecule has 0 saturated carbocycles. The van der Waals surface area contributed by atoms with Gasteiger partial charge in [0.25, 0.3) is 5.91 Å². The third kappa shape index (κ3) is 5.42. The Labute approximate surface area is 167 Å². The number of carbonyl (C=O) groups excluding carboxylic acids is 2. The van der Waals surface area contributed by atoms with Crippen LogP contribution in [-0.2, 0) is 17.9 Å². The summed E-state index contributed by atoms with van der Waals surface area (Å²) in [7, 11) is 1.64. The SMILES string of the molecule is COCc1ccccc1CNC(=O)c1ccc(NC(=O)Nc2ccccc2)s1. The summed E-state index contributed by atoms with van der Waals surface area (Å²) < 4.78 is 5.19. The highest BCUT2D eigenvalue weighted by Crippen LogP contribution is 2.22. The van der Waals surface area contributed by atoms with Gasteiger partial charge in [-0.15, -0.1) is 11.3 Å². The van der Waals surface area contributed by atoms with Crippen LogP contribution in [0.3, 0.4) is 0 Å². The molecule has 144 valence electrons. The molecule has 6 nitrogen and oxygen atoms in total. The van der Waals surface area contributed by atoms with Crippen molar-refractivity contribution in [1.82, 2.24) is 5.32 Å². The normalized spacial score (nSPS) is 10.3. The summed E-state index contributed by atoms with van der Waals surface area (Å²) in [5.41, 5.74) is 2.75. The molecule has 0 aliphatic carbocycles. The molecule has 3 N–H and O–H groups in total. The van der Waals surface area contributed by atoms with Gasteiger partial charge in [0.2, 0.25) is 0 Å². The number of hydrogen-bond donors (Lipinski definition) is 3. The zero-order chi connectivity index (χ0) is 19.8. The number of nitrogens with one attached hydrogen (secondary N) is 3. The lowest BCUT2D eigenvalue weighted by molar-refractivity contribution is 0.0954. The molecule has 0 saturated heterocycles. The van der Waals surface area contributed by atoms with Crippen LogP contribution in [0.2, 0.25) is 0 Å². The molecular formula is C21H21N3O3S. The molecule has 0 atom stereocenters. The fraction of sp³-hybridized carbons (Fsp3) is 0.143. The third-order valence-electron chi connectivity index (χ3n) is 3.96. The quantitative estimate of drug-likeness (QED) is 0.552. The Kier molecular flexibility index (Phi) is 6.78. The van der Waals surface area contributed by atoms with Crippen LogP contribution in [0.1, 0.15) is 20.8 Å². The van der Waals surface area contributed by atoms with E-state index in [9.17, 15) is 9.59 Å². The lowest BCUT2D eigenvalue weighted by Gasteiger charge is -2.09. The molecule has 0 unspecified atom stereocenters. The molecule has 0 bridgehead atoms. The number of urea groups is 1. The van der Waals surface area contributed by atoms with E-state index in [1.807, 2.05) is 42.5 Å². The monoisotopic (exact) mass is 395 g/mol. The fourth-order valence-electron chi connectivity index (χ4n) is 2.61. The Morgan fingerprint density at radius 3 is 2.36 bits per heavy atom. The number of benzene rings is 2. The molecule has 3 rings (SSSR count). The van der Waals surface area contributed by atoms with Gasteiger partial charge < -0.3 is 15.4 Å². The van der Waals surface area contributed by atoms with Crippen LogP contribution in [0.25, 0.3) is 0 Å². The fourth-order valence-corrected chi connectivity index (χ4v) is 3.43. The van der Waals surface area contributed by atoms with Crippen LogP contribution in [0.5, 0.6) is 0 Å². The molecule has 1 heterocycles. The molecule has 0 spiro atoms. The van der Waals surface area contributed by atoms with Crippen molar-refractivity contribution in [2.24, 2.45) is 0 Å². The minimum Gasteiger partial charge on any atom is -0.380 e. The van der Waals surface area contributed by atoms with Crippen LogP contribution < -0.4 is 16.0 Å². The molecule has 3 aromatic rings. The molecule has 28 heavy (non-hydrogen) atoms. The van der Waals surface area contributed by atoms with Crippen molar-refractivity contribution in [3.05, 3.63) is 82.7 Å². The van der Waals surface area contributed by atoms with Gasteiger partial charge in [-0.3, -0.25) is 10.1 Å². The number of carbonyl (C=O) groups is 2. The predicted octanol–water partition coefficient (Wildman–Crippen LogP) is 4.47. The number of para-hydroxylation sites is 1. The second kappa shape index (κ2) is 9.68.